The van der Waals surface area contributed by atoms with E-state index >= 15 is 0 Å². The first kappa shape index (κ1) is 12.1. The lowest BCUT2D eigenvalue weighted by atomic mass is 10.0. The Morgan fingerprint density at radius 3 is 1.95 bits per heavy atom. The SMILES string of the molecule is CC(=O)c1ccc(N2C(=O)[C@@H]3[C@H](C2=O)C3(C)C)cc1. The van der Waals surface area contributed by atoms with E-state index in [-0.39, 0.29) is 34.8 Å². The number of benzene rings is 1. The summed E-state index contributed by atoms with van der Waals surface area (Å²) in [5.41, 5.74) is 0.945. The summed E-state index contributed by atoms with van der Waals surface area (Å²) in [6.07, 6.45) is 0. The van der Waals surface area contributed by atoms with Gasteiger partial charge in [-0.1, -0.05) is 13.8 Å². The minimum Gasteiger partial charge on any atom is -0.295 e. The highest BCUT2D eigenvalue weighted by atomic mass is 16.2. The molecule has 4 heteroatoms. The second-order valence-electron chi connectivity index (χ2n) is 5.89. The molecule has 2 aliphatic rings. The number of carbonyl (C=O) groups is 3. The van der Waals surface area contributed by atoms with Crippen molar-refractivity contribution in [2.75, 3.05) is 4.90 Å². The zero-order chi connectivity index (χ0) is 13.9. The van der Waals surface area contributed by atoms with E-state index in [1.54, 1.807) is 24.3 Å². The van der Waals surface area contributed by atoms with Crippen LogP contribution < -0.4 is 4.90 Å². The molecule has 98 valence electrons. The zero-order valence-electron chi connectivity index (χ0n) is 11.1. The molecule has 1 aliphatic heterocycles. The molecule has 0 spiro atoms. The van der Waals surface area contributed by atoms with Crippen LogP contribution in [0, 0.1) is 17.3 Å². The van der Waals surface area contributed by atoms with Crippen molar-refractivity contribution in [3.63, 3.8) is 0 Å². The molecular formula is C15H15NO3. The summed E-state index contributed by atoms with van der Waals surface area (Å²) in [7, 11) is 0. The van der Waals surface area contributed by atoms with Gasteiger partial charge in [0.1, 0.15) is 0 Å². The lowest BCUT2D eigenvalue weighted by Crippen LogP contribution is -2.36. The highest BCUT2D eigenvalue weighted by Crippen LogP contribution is 2.63. The molecule has 0 radical (unpaired) electrons. The van der Waals surface area contributed by atoms with Crippen LogP contribution in [0.3, 0.4) is 0 Å². The van der Waals surface area contributed by atoms with Gasteiger partial charge in [-0.2, -0.15) is 0 Å². The molecule has 4 nitrogen and oxygen atoms in total. The van der Waals surface area contributed by atoms with Gasteiger partial charge in [0.2, 0.25) is 11.8 Å². The molecule has 0 N–H and O–H groups in total. The van der Waals surface area contributed by atoms with E-state index in [1.807, 2.05) is 13.8 Å². The highest BCUT2D eigenvalue weighted by molar-refractivity contribution is 6.25. The number of piperidine rings is 1. The fourth-order valence-electron chi connectivity index (χ4n) is 3.05. The minimum absolute atomic E-state index is 0.0328. The molecule has 3 rings (SSSR count). The van der Waals surface area contributed by atoms with Crippen molar-refractivity contribution in [2.45, 2.75) is 20.8 Å². The number of ketones is 1. The Hall–Kier alpha value is -1.97. The summed E-state index contributed by atoms with van der Waals surface area (Å²) in [6.45, 7) is 5.39. The topological polar surface area (TPSA) is 54.5 Å². The normalized spacial score (nSPS) is 27.4. The molecule has 1 heterocycles. The maximum atomic E-state index is 12.2. The third-order valence-electron chi connectivity index (χ3n) is 4.33. The predicted molar refractivity (Wildman–Crippen MR) is 69.7 cm³/mol. The number of carbonyl (C=O) groups excluding carboxylic acids is 3. The van der Waals surface area contributed by atoms with Crippen LogP contribution in [-0.4, -0.2) is 17.6 Å². The minimum atomic E-state index is -0.190. The average Bonchev–Trinajstić information content (AvgIpc) is 2.80. The van der Waals surface area contributed by atoms with Gasteiger partial charge in [-0.05, 0) is 36.6 Å². The summed E-state index contributed by atoms with van der Waals surface area (Å²) in [4.78, 5) is 36.9. The molecule has 1 aliphatic carbocycles. The van der Waals surface area contributed by atoms with E-state index in [2.05, 4.69) is 0 Å². The second kappa shape index (κ2) is 3.53. The van der Waals surface area contributed by atoms with Crippen LogP contribution in [-0.2, 0) is 9.59 Å². The van der Waals surface area contributed by atoms with Crippen LogP contribution in [0.2, 0.25) is 0 Å². The maximum absolute atomic E-state index is 12.2. The predicted octanol–water partition coefficient (Wildman–Crippen LogP) is 2.03. The average molecular weight is 257 g/mol. The van der Waals surface area contributed by atoms with Gasteiger partial charge in [-0.15, -0.1) is 0 Å². The van der Waals surface area contributed by atoms with E-state index < -0.39 is 0 Å². The van der Waals surface area contributed by atoms with Gasteiger partial charge in [-0.25, -0.2) is 0 Å². The molecule has 0 aromatic heterocycles. The van der Waals surface area contributed by atoms with Crippen LogP contribution in [0.25, 0.3) is 0 Å². The third kappa shape index (κ3) is 1.49. The number of hydrogen-bond donors (Lipinski definition) is 0. The zero-order valence-corrected chi connectivity index (χ0v) is 11.1. The summed E-state index contributed by atoms with van der Waals surface area (Å²) in [5.74, 6) is -0.610. The van der Waals surface area contributed by atoms with Crippen molar-refractivity contribution >= 4 is 23.3 Å². The maximum Gasteiger partial charge on any atom is 0.238 e. The Balaban J connectivity index is 1.91. The van der Waals surface area contributed by atoms with Crippen LogP contribution in [0.1, 0.15) is 31.1 Å². The van der Waals surface area contributed by atoms with Gasteiger partial charge in [0.15, 0.2) is 5.78 Å². The molecule has 2 amide bonds. The molecule has 0 bridgehead atoms. The van der Waals surface area contributed by atoms with Crippen LogP contribution in [0.5, 0.6) is 0 Å². The molecule has 19 heavy (non-hydrogen) atoms. The van der Waals surface area contributed by atoms with Gasteiger partial charge < -0.3 is 0 Å². The van der Waals surface area contributed by atoms with E-state index in [0.29, 0.717) is 11.3 Å². The Labute approximate surface area is 111 Å². The van der Waals surface area contributed by atoms with Crippen molar-refractivity contribution in [2.24, 2.45) is 17.3 Å². The number of rotatable bonds is 2. The van der Waals surface area contributed by atoms with Gasteiger partial charge >= 0.3 is 0 Å². The summed E-state index contributed by atoms with van der Waals surface area (Å²) in [5, 5.41) is 0. The van der Waals surface area contributed by atoms with Gasteiger partial charge in [-0.3, -0.25) is 19.3 Å². The molecule has 1 saturated heterocycles. The number of Topliss-reactive ketones (excluding diaryl/α,β-unsaturated/α-hetero) is 1. The molecule has 1 aromatic carbocycles. The number of nitrogens with zero attached hydrogens (tertiary/aromatic N) is 1. The van der Waals surface area contributed by atoms with Gasteiger partial charge in [0.05, 0.1) is 17.5 Å². The first-order chi connectivity index (χ1) is 8.85. The first-order valence-electron chi connectivity index (χ1n) is 6.34. The Kier molecular flexibility index (Phi) is 2.24. The van der Waals surface area contributed by atoms with Crippen molar-refractivity contribution in [3.8, 4) is 0 Å². The highest BCUT2D eigenvalue weighted by Gasteiger charge is 2.72. The van der Waals surface area contributed by atoms with Crippen LogP contribution in [0.15, 0.2) is 24.3 Å². The van der Waals surface area contributed by atoms with E-state index in [1.165, 1.54) is 11.8 Å². The fraction of sp³-hybridized carbons (Fsp3) is 0.400. The van der Waals surface area contributed by atoms with E-state index in [0.717, 1.165) is 0 Å². The number of fused-ring (bicyclic) bond motifs is 1. The number of hydrogen-bond acceptors (Lipinski definition) is 3. The van der Waals surface area contributed by atoms with Crippen molar-refractivity contribution in [1.82, 2.24) is 0 Å². The van der Waals surface area contributed by atoms with E-state index in [4.69, 9.17) is 0 Å². The first-order valence-corrected chi connectivity index (χ1v) is 6.34. The second-order valence-corrected chi connectivity index (χ2v) is 5.89. The molecule has 2 fully saturated rings. The quantitative estimate of drug-likeness (QED) is 0.601. The van der Waals surface area contributed by atoms with Crippen LogP contribution >= 0.6 is 0 Å². The summed E-state index contributed by atoms with van der Waals surface area (Å²) < 4.78 is 0. The van der Waals surface area contributed by atoms with Gasteiger partial charge in [0.25, 0.3) is 0 Å². The fourth-order valence-corrected chi connectivity index (χ4v) is 3.05. The number of amides is 2. The largest absolute Gasteiger partial charge is 0.295 e. The van der Waals surface area contributed by atoms with E-state index in [9.17, 15) is 14.4 Å². The molecule has 1 aromatic rings. The monoisotopic (exact) mass is 257 g/mol. The Bertz CT molecular complexity index is 576. The lowest BCUT2D eigenvalue weighted by molar-refractivity contribution is -0.125. The molecule has 0 unspecified atom stereocenters. The Morgan fingerprint density at radius 1 is 1.05 bits per heavy atom. The number of anilines is 1. The van der Waals surface area contributed by atoms with Crippen molar-refractivity contribution in [1.29, 1.82) is 0 Å². The van der Waals surface area contributed by atoms with Crippen molar-refractivity contribution in [3.05, 3.63) is 29.8 Å². The van der Waals surface area contributed by atoms with Gasteiger partial charge in [0, 0.05) is 5.56 Å². The Morgan fingerprint density at radius 2 is 1.53 bits per heavy atom. The lowest BCUT2D eigenvalue weighted by Gasteiger charge is -2.20. The third-order valence-corrected chi connectivity index (χ3v) is 4.33. The molecule has 1 saturated carbocycles. The summed E-state index contributed by atoms with van der Waals surface area (Å²) >= 11 is 0. The smallest absolute Gasteiger partial charge is 0.238 e. The molecular weight excluding hydrogens is 242 g/mol. The number of imide groups is 1. The summed E-state index contributed by atoms with van der Waals surface area (Å²) in [6, 6.07) is 6.61. The molecule has 2 atom stereocenters. The van der Waals surface area contributed by atoms with Crippen molar-refractivity contribution < 1.29 is 14.4 Å². The standard InChI is InChI=1S/C15H15NO3/c1-8(17)9-4-6-10(7-5-9)16-13(18)11-12(14(16)19)15(11,2)3/h4-7,11-12H,1-3H3/t11-,12+. The van der Waals surface area contributed by atoms with Crippen LogP contribution in [0.4, 0.5) is 5.69 Å².